The van der Waals surface area contributed by atoms with E-state index in [1.165, 1.54) is 0 Å². The molecule has 1 aromatic rings. The van der Waals surface area contributed by atoms with Crippen molar-refractivity contribution in [2.45, 2.75) is 12.6 Å². The van der Waals surface area contributed by atoms with Crippen molar-refractivity contribution >= 4 is 17.6 Å². The highest BCUT2D eigenvalue weighted by molar-refractivity contribution is 5.98. The first-order valence-electron chi connectivity index (χ1n) is 6.68. The van der Waals surface area contributed by atoms with Crippen molar-refractivity contribution in [1.82, 2.24) is 4.90 Å². The molecule has 0 spiro atoms. The third kappa shape index (κ3) is 3.70. The summed E-state index contributed by atoms with van der Waals surface area (Å²) in [7, 11) is 0. The lowest BCUT2D eigenvalue weighted by Crippen LogP contribution is -2.36. The number of halogens is 3. The van der Waals surface area contributed by atoms with E-state index in [1.807, 2.05) is 0 Å². The van der Waals surface area contributed by atoms with E-state index in [2.05, 4.69) is 0 Å². The van der Waals surface area contributed by atoms with Gasteiger partial charge in [-0.3, -0.25) is 14.9 Å². The second-order valence-corrected chi connectivity index (χ2v) is 5.06. The number of rotatable bonds is 3. The van der Waals surface area contributed by atoms with Crippen LogP contribution >= 0.6 is 0 Å². The fourth-order valence-electron chi connectivity index (χ4n) is 2.26. The number of non-ortho nitro benzene ring substituents is 1. The highest BCUT2D eigenvalue weighted by atomic mass is 19.4. The van der Waals surface area contributed by atoms with E-state index in [4.69, 9.17) is 5.11 Å². The number of benzene rings is 1. The van der Waals surface area contributed by atoms with Crippen LogP contribution in [0.3, 0.4) is 0 Å². The van der Waals surface area contributed by atoms with Gasteiger partial charge in [-0.2, -0.15) is 13.2 Å². The molecule has 1 heterocycles. The van der Waals surface area contributed by atoms with Crippen LogP contribution < -0.4 is 0 Å². The molecule has 1 aliphatic rings. The Bertz CT molecular complexity index is 710. The molecular weight excluding hydrogens is 333 g/mol. The minimum Gasteiger partial charge on any atom is -0.478 e. The SMILES string of the molecule is O=C(O)c1cc(C(=O)N2CC=C(C(F)(F)F)CC2)cc([N+](=O)[O-])c1. The van der Waals surface area contributed by atoms with Gasteiger partial charge in [-0.05, 0) is 12.5 Å². The molecule has 0 atom stereocenters. The van der Waals surface area contributed by atoms with Crippen LogP contribution in [0.5, 0.6) is 0 Å². The molecule has 24 heavy (non-hydrogen) atoms. The number of aromatic carboxylic acids is 1. The van der Waals surface area contributed by atoms with E-state index in [1.54, 1.807) is 0 Å². The lowest BCUT2D eigenvalue weighted by Gasteiger charge is -2.27. The molecule has 1 aromatic carbocycles. The molecule has 128 valence electrons. The lowest BCUT2D eigenvalue weighted by atomic mass is 10.0. The van der Waals surface area contributed by atoms with Gasteiger partial charge < -0.3 is 10.0 Å². The number of hydrogen-bond donors (Lipinski definition) is 1. The fraction of sp³-hybridized carbons (Fsp3) is 0.286. The number of carboxylic acids is 1. The number of hydrogen-bond acceptors (Lipinski definition) is 4. The van der Waals surface area contributed by atoms with E-state index >= 15 is 0 Å². The highest BCUT2D eigenvalue weighted by Crippen LogP contribution is 2.30. The summed E-state index contributed by atoms with van der Waals surface area (Å²) in [6.07, 6.45) is -3.98. The smallest absolute Gasteiger partial charge is 0.412 e. The van der Waals surface area contributed by atoms with Gasteiger partial charge >= 0.3 is 12.1 Å². The van der Waals surface area contributed by atoms with Crippen molar-refractivity contribution in [2.75, 3.05) is 13.1 Å². The van der Waals surface area contributed by atoms with Crippen molar-refractivity contribution in [2.24, 2.45) is 0 Å². The van der Waals surface area contributed by atoms with Crippen LogP contribution in [0.15, 0.2) is 29.8 Å². The Morgan fingerprint density at radius 2 is 1.83 bits per heavy atom. The Morgan fingerprint density at radius 1 is 1.21 bits per heavy atom. The largest absolute Gasteiger partial charge is 0.478 e. The minimum absolute atomic E-state index is 0.213. The monoisotopic (exact) mass is 344 g/mol. The summed E-state index contributed by atoms with van der Waals surface area (Å²) >= 11 is 0. The number of alkyl halides is 3. The van der Waals surface area contributed by atoms with E-state index in [0.717, 1.165) is 29.2 Å². The molecule has 1 N–H and O–H groups in total. The van der Waals surface area contributed by atoms with E-state index in [9.17, 15) is 32.9 Å². The number of amides is 1. The molecule has 7 nitrogen and oxygen atoms in total. The Hall–Kier alpha value is -2.91. The van der Waals surface area contributed by atoms with Gasteiger partial charge in [0.05, 0.1) is 10.5 Å². The number of nitrogens with zero attached hydrogens (tertiary/aromatic N) is 2. The molecule has 0 aromatic heterocycles. The molecular formula is C14H11F3N2O5. The molecule has 0 radical (unpaired) electrons. The summed E-state index contributed by atoms with van der Waals surface area (Å²) in [5.74, 6) is -2.22. The summed E-state index contributed by atoms with van der Waals surface area (Å²) in [5.41, 5.74) is -2.03. The van der Waals surface area contributed by atoms with E-state index in [0.29, 0.717) is 0 Å². The maximum atomic E-state index is 12.6. The van der Waals surface area contributed by atoms with Crippen LogP contribution in [0, 0.1) is 10.1 Å². The molecule has 2 rings (SSSR count). The van der Waals surface area contributed by atoms with Crippen LogP contribution in [-0.2, 0) is 0 Å². The standard InChI is InChI=1S/C14H11F3N2O5/c15-14(16,17)10-1-3-18(4-2-10)12(20)8-5-9(13(21)22)7-11(6-8)19(23)24/h1,5-7H,2-4H2,(H,21,22). The summed E-state index contributed by atoms with van der Waals surface area (Å²) in [6.45, 7) is -0.520. The molecule has 0 saturated heterocycles. The number of carbonyl (C=O) groups excluding carboxylic acids is 1. The zero-order valence-electron chi connectivity index (χ0n) is 12.0. The first-order valence-corrected chi connectivity index (χ1v) is 6.68. The average Bonchev–Trinajstić information content (AvgIpc) is 2.53. The Morgan fingerprint density at radius 3 is 2.29 bits per heavy atom. The van der Waals surface area contributed by atoms with E-state index < -0.39 is 46.2 Å². The van der Waals surface area contributed by atoms with Gasteiger partial charge in [-0.15, -0.1) is 0 Å². The number of nitro groups is 1. The summed E-state index contributed by atoms with van der Waals surface area (Å²) in [4.78, 5) is 34.4. The van der Waals surface area contributed by atoms with Crippen molar-refractivity contribution in [3.63, 3.8) is 0 Å². The predicted molar refractivity (Wildman–Crippen MR) is 74.7 cm³/mol. The summed E-state index contributed by atoms with van der Waals surface area (Å²) in [5, 5.41) is 19.8. The maximum Gasteiger partial charge on any atom is 0.412 e. The predicted octanol–water partition coefficient (Wildman–Crippen LogP) is 2.63. The number of carboxylic acid groups (broad SMARTS) is 1. The molecule has 0 bridgehead atoms. The molecule has 10 heteroatoms. The molecule has 0 unspecified atom stereocenters. The van der Waals surface area contributed by atoms with Crippen molar-refractivity contribution in [1.29, 1.82) is 0 Å². The van der Waals surface area contributed by atoms with Crippen molar-refractivity contribution in [3.8, 4) is 0 Å². The van der Waals surface area contributed by atoms with Gasteiger partial charge in [-0.25, -0.2) is 4.79 Å². The second-order valence-electron chi connectivity index (χ2n) is 5.06. The maximum absolute atomic E-state index is 12.6. The topological polar surface area (TPSA) is 101 Å². The second kappa shape index (κ2) is 6.30. The summed E-state index contributed by atoms with van der Waals surface area (Å²) < 4.78 is 37.7. The average molecular weight is 344 g/mol. The Balaban J connectivity index is 2.29. The molecule has 1 aliphatic heterocycles. The van der Waals surface area contributed by atoms with Gasteiger partial charge in [0.25, 0.3) is 11.6 Å². The first-order chi connectivity index (χ1) is 11.1. The molecule has 1 amide bonds. The van der Waals surface area contributed by atoms with Crippen molar-refractivity contribution in [3.05, 3.63) is 51.1 Å². The molecule has 0 fully saturated rings. The Kier molecular flexibility index (Phi) is 4.58. The quantitative estimate of drug-likeness (QED) is 0.516. The number of carbonyl (C=O) groups is 2. The van der Waals surface area contributed by atoms with Gasteiger partial charge in [0.15, 0.2) is 0 Å². The fourth-order valence-corrected chi connectivity index (χ4v) is 2.26. The van der Waals surface area contributed by atoms with Crippen LogP contribution in [0.2, 0.25) is 0 Å². The zero-order valence-corrected chi connectivity index (χ0v) is 12.0. The molecule has 0 aliphatic carbocycles. The third-order valence-electron chi connectivity index (χ3n) is 3.48. The minimum atomic E-state index is -4.46. The van der Waals surface area contributed by atoms with Crippen LogP contribution in [0.25, 0.3) is 0 Å². The van der Waals surface area contributed by atoms with Gasteiger partial charge in [-0.1, -0.05) is 6.08 Å². The van der Waals surface area contributed by atoms with Gasteiger partial charge in [0.1, 0.15) is 0 Å². The van der Waals surface area contributed by atoms with Gasteiger partial charge in [0, 0.05) is 36.4 Å². The third-order valence-corrected chi connectivity index (χ3v) is 3.48. The normalized spacial score (nSPS) is 15.0. The summed E-state index contributed by atoms with van der Waals surface area (Å²) in [6, 6.07) is 2.66. The lowest BCUT2D eigenvalue weighted by molar-refractivity contribution is -0.384. The van der Waals surface area contributed by atoms with Crippen LogP contribution in [-0.4, -0.2) is 46.1 Å². The highest BCUT2D eigenvalue weighted by Gasteiger charge is 2.35. The van der Waals surface area contributed by atoms with Crippen molar-refractivity contribution < 1.29 is 32.8 Å². The molecule has 0 saturated carbocycles. The van der Waals surface area contributed by atoms with Gasteiger partial charge in [0.2, 0.25) is 0 Å². The zero-order chi connectivity index (χ0) is 18.1. The van der Waals surface area contributed by atoms with Crippen LogP contribution in [0.1, 0.15) is 27.1 Å². The van der Waals surface area contributed by atoms with Crippen LogP contribution in [0.4, 0.5) is 18.9 Å². The Labute approximate surface area is 133 Å². The van der Waals surface area contributed by atoms with E-state index in [-0.39, 0.29) is 18.7 Å². The number of nitro benzene ring substituents is 1. The first kappa shape index (κ1) is 17.4.